The molecule has 0 spiro atoms. The summed E-state index contributed by atoms with van der Waals surface area (Å²) in [6.45, 7) is 6.49. The summed E-state index contributed by atoms with van der Waals surface area (Å²) in [6, 6.07) is 0. The summed E-state index contributed by atoms with van der Waals surface area (Å²) >= 11 is 0. The predicted octanol–water partition coefficient (Wildman–Crippen LogP) is 18.1. The largest absolute Gasteiger partial charge is 0.462 e. The molecule has 63 heavy (non-hydrogen) atoms. The van der Waals surface area contributed by atoms with Gasteiger partial charge >= 0.3 is 17.9 Å². The number of esters is 3. The number of allylic oxidation sites excluding steroid dienone is 6. The van der Waals surface area contributed by atoms with Crippen molar-refractivity contribution in [2.45, 2.75) is 297 Å². The molecule has 0 aromatic carbocycles. The minimum Gasteiger partial charge on any atom is -0.462 e. The van der Waals surface area contributed by atoms with Gasteiger partial charge in [-0.1, -0.05) is 256 Å². The Bertz CT molecular complexity index is 1060. The lowest BCUT2D eigenvalue weighted by Gasteiger charge is -2.18. The molecule has 6 heteroatoms. The molecule has 0 saturated heterocycles. The summed E-state index contributed by atoms with van der Waals surface area (Å²) in [5.74, 6) is -0.906. The number of hydrogen-bond acceptors (Lipinski definition) is 6. The van der Waals surface area contributed by atoms with Crippen molar-refractivity contribution in [1.82, 2.24) is 0 Å². The van der Waals surface area contributed by atoms with Crippen LogP contribution in [0.4, 0.5) is 0 Å². The van der Waals surface area contributed by atoms with Gasteiger partial charge in [-0.2, -0.15) is 0 Å². The summed E-state index contributed by atoms with van der Waals surface area (Å²) in [5, 5.41) is 0. The number of hydrogen-bond donors (Lipinski definition) is 0. The van der Waals surface area contributed by atoms with Crippen LogP contribution in [-0.4, -0.2) is 37.2 Å². The van der Waals surface area contributed by atoms with E-state index >= 15 is 0 Å². The van der Waals surface area contributed by atoms with E-state index < -0.39 is 6.10 Å². The molecule has 0 aliphatic heterocycles. The Morgan fingerprint density at radius 1 is 0.333 bits per heavy atom. The van der Waals surface area contributed by atoms with E-state index in [-0.39, 0.29) is 31.1 Å². The molecule has 1 atom stereocenters. The molecule has 0 radical (unpaired) electrons. The maximum absolute atomic E-state index is 12.7. The van der Waals surface area contributed by atoms with Gasteiger partial charge in [0.25, 0.3) is 0 Å². The van der Waals surface area contributed by atoms with Crippen LogP contribution in [0.1, 0.15) is 290 Å². The smallest absolute Gasteiger partial charge is 0.306 e. The van der Waals surface area contributed by atoms with Crippen LogP contribution in [0, 0.1) is 0 Å². The monoisotopic (exact) mass is 885 g/mol. The van der Waals surface area contributed by atoms with Gasteiger partial charge in [0.05, 0.1) is 0 Å². The third-order valence-electron chi connectivity index (χ3n) is 12.2. The molecule has 0 saturated carbocycles. The molecule has 0 aromatic heterocycles. The molecule has 0 aromatic rings. The van der Waals surface area contributed by atoms with Gasteiger partial charge in [0.2, 0.25) is 0 Å². The Labute approximate surface area is 391 Å². The highest BCUT2D eigenvalue weighted by Crippen LogP contribution is 2.17. The normalized spacial score (nSPS) is 12.2. The van der Waals surface area contributed by atoms with Gasteiger partial charge in [-0.15, -0.1) is 0 Å². The SMILES string of the molecule is CC/C=C\C/C=C\C/C=C\CCCCCC(=O)OC(COC(=O)CCCCCCCCC)COC(=O)CCCCCCCCCCCCCCCCCCCCCCCCCCC. The third-order valence-corrected chi connectivity index (χ3v) is 12.2. The lowest BCUT2D eigenvalue weighted by Crippen LogP contribution is -2.30. The molecule has 6 nitrogen and oxygen atoms in total. The van der Waals surface area contributed by atoms with Gasteiger partial charge in [-0.05, 0) is 51.4 Å². The number of rotatable bonds is 50. The summed E-state index contributed by atoms with van der Waals surface area (Å²) in [4.78, 5) is 37.8. The van der Waals surface area contributed by atoms with Crippen LogP contribution in [0.25, 0.3) is 0 Å². The number of carbonyl (C=O) groups excluding carboxylic acids is 3. The van der Waals surface area contributed by atoms with E-state index in [1.54, 1.807) is 0 Å². The quantitative estimate of drug-likeness (QED) is 0.0262. The first kappa shape index (κ1) is 60.6. The summed E-state index contributed by atoms with van der Waals surface area (Å²) in [5.41, 5.74) is 0. The lowest BCUT2D eigenvalue weighted by molar-refractivity contribution is -0.167. The first-order valence-electron chi connectivity index (χ1n) is 27.5. The Kier molecular flexibility index (Phi) is 50.3. The van der Waals surface area contributed by atoms with Gasteiger partial charge in [0.1, 0.15) is 13.2 Å². The third kappa shape index (κ3) is 50.5. The van der Waals surface area contributed by atoms with Gasteiger partial charge in [0, 0.05) is 19.3 Å². The molecule has 0 aliphatic carbocycles. The zero-order valence-corrected chi connectivity index (χ0v) is 42.1. The molecule has 368 valence electrons. The topological polar surface area (TPSA) is 78.9 Å². The molecule has 0 aliphatic rings. The highest BCUT2D eigenvalue weighted by Gasteiger charge is 2.19. The van der Waals surface area contributed by atoms with Crippen LogP contribution in [0.2, 0.25) is 0 Å². The fraction of sp³-hybridized carbons (Fsp3) is 0.842. The van der Waals surface area contributed by atoms with Crippen LogP contribution in [-0.2, 0) is 28.6 Å². The van der Waals surface area contributed by atoms with Crippen molar-refractivity contribution in [2.75, 3.05) is 13.2 Å². The van der Waals surface area contributed by atoms with Crippen LogP contribution in [0.5, 0.6) is 0 Å². The highest BCUT2D eigenvalue weighted by atomic mass is 16.6. The second-order valence-electron chi connectivity index (χ2n) is 18.5. The van der Waals surface area contributed by atoms with Crippen molar-refractivity contribution >= 4 is 17.9 Å². The second kappa shape index (κ2) is 52.3. The Morgan fingerprint density at radius 3 is 0.968 bits per heavy atom. The van der Waals surface area contributed by atoms with Gasteiger partial charge < -0.3 is 14.2 Å². The Hall–Kier alpha value is -2.37. The zero-order valence-electron chi connectivity index (χ0n) is 42.1. The molecule has 0 amide bonds. The van der Waals surface area contributed by atoms with Gasteiger partial charge in [-0.25, -0.2) is 0 Å². The van der Waals surface area contributed by atoms with Crippen LogP contribution >= 0.6 is 0 Å². The summed E-state index contributed by atoms with van der Waals surface area (Å²) in [7, 11) is 0. The van der Waals surface area contributed by atoms with Crippen molar-refractivity contribution < 1.29 is 28.6 Å². The zero-order chi connectivity index (χ0) is 45.8. The minimum absolute atomic E-state index is 0.0805. The number of carbonyl (C=O) groups is 3. The van der Waals surface area contributed by atoms with E-state index in [0.717, 1.165) is 83.5 Å². The lowest BCUT2D eigenvalue weighted by atomic mass is 10.0. The number of unbranched alkanes of at least 4 members (excludes halogenated alkanes) is 33. The Balaban J connectivity index is 4.09. The highest BCUT2D eigenvalue weighted by molar-refractivity contribution is 5.71. The first-order chi connectivity index (χ1) is 31.0. The van der Waals surface area contributed by atoms with E-state index in [9.17, 15) is 14.4 Å². The van der Waals surface area contributed by atoms with E-state index in [4.69, 9.17) is 14.2 Å². The first-order valence-corrected chi connectivity index (χ1v) is 27.5. The van der Waals surface area contributed by atoms with Crippen molar-refractivity contribution in [1.29, 1.82) is 0 Å². The fourth-order valence-electron chi connectivity index (χ4n) is 8.05. The second-order valence-corrected chi connectivity index (χ2v) is 18.5. The van der Waals surface area contributed by atoms with Crippen LogP contribution in [0.15, 0.2) is 36.5 Å². The maximum Gasteiger partial charge on any atom is 0.306 e. The Morgan fingerprint density at radius 2 is 0.619 bits per heavy atom. The fourth-order valence-corrected chi connectivity index (χ4v) is 8.05. The predicted molar refractivity (Wildman–Crippen MR) is 270 cm³/mol. The maximum atomic E-state index is 12.7. The van der Waals surface area contributed by atoms with Crippen LogP contribution in [0.3, 0.4) is 0 Å². The van der Waals surface area contributed by atoms with Crippen molar-refractivity contribution in [2.24, 2.45) is 0 Å². The van der Waals surface area contributed by atoms with Crippen molar-refractivity contribution in [3.8, 4) is 0 Å². The molecule has 1 unspecified atom stereocenters. The molecule has 0 rings (SSSR count). The molecule has 0 bridgehead atoms. The van der Waals surface area contributed by atoms with E-state index in [0.29, 0.717) is 19.3 Å². The minimum atomic E-state index is -0.781. The van der Waals surface area contributed by atoms with E-state index in [1.165, 1.54) is 167 Å². The number of ether oxygens (including phenoxy) is 3. The molecule has 0 heterocycles. The molecular weight excluding hydrogens is 781 g/mol. The van der Waals surface area contributed by atoms with Crippen molar-refractivity contribution in [3.63, 3.8) is 0 Å². The average Bonchev–Trinajstić information content (AvgIpc) is 3.28. The summed E-state index contributed by atoms with van der Waals surface area (Å²) < 4.78 is 16.7. The molecular formula is C57H104O6. The van der Waals surface area contributed by atoms with Gasteiger partial charge in [-0.3, -0.25) is 14.4 Å². The van der Waals surface area contributed by atoms with Crippen molar-refractivity contribution in [3.05, 3.63) is 36.5 Å². The standard InChI is InChI=1S/C57H104O6/c1-4-7-10-13-16-18-20-22-23-24-25-26-27-28-29-30-31-32-33-35-36-38-41-44-47-50-56(59)62-53-54(52-61-55(58)49-46-43-40-15-12-9-6-3)63-57(60)51-48-45-42-39-37-34-21-19-17-14-11-8-5-2/h8,11,17,19,34,37,54H,4-7,9-10,12-16,18,20-33,35-36,38-53H2,1-3H3/b11-8-,19-17-,37-34-. The van der Waals surface area contributed by atoms with E-state index in [1.807, 2.05) is 0 Å². The van der Waals surface area contributed by atoms with Gasteiger partial charge in [0.15, 0.2) is 6.10 Å². The molecule has 0 N–H and O–H groups in total. The average molecular weight is 885 g/mol. The van der Waals surface area contributed by atoms with E-state index in [2.05, 4.69) is 57.2 Å². The summed E-state index contributed by atoms with van der Waals surface area (Å²) in [6.07, 6.45) is 61.8. The van der Waals surface area contributed by atoms with Crippen LogP contribution < -0.4 is 0 Å². The molecule has 0 fully saturated rings.